The van der Waals surface area contributed by atoms with E-state index in [1.165, 1.54) is 165 Å². The Labute approximate surface area is 681 Å². The van der Waals surface area contributed by atoms with Crippen molar-refractivity contribution in [1.29, 1.82) is 0 Å². The third kappa shape index (κ3) is 9.58. The first-order valence-electron chi connectivity index (χ1n) is 41.5. The van der Waals surface area contributed by atoms with Gasteiger partial charge >= 0.3 is 0 Å². The Kier molecular flexibility index (Phi) is 14.4. The largest absolute Gasteiger partial charge is 0.332 e. The molecule has 0 N–H and O–H groups in total. The highest BCUT2D eigenvalue weighted by molar-refractivity contribution is 6.20. The number of hydrogen-bond donors (Lipinski definition) is 0. The maximum absolute atomic E-state index is 2.67. The highest BCUT2D eigenvalue weighted by atomic mass is 15.2. The minimum Gasteiger partial charge on any atom is -0.332 e. The Hall–Kier alpha value is -14.9. The van der Waals surface area contributed by atoms with E-state index in [1.54, 1.807) is 0 Å². The normalized spacial score (nSPS) is 14.5. The fourth-order valence-electron chi connectivity index (χ4n) is 21.4. The number of aromatic nitrogens is 6. The second-order valence-electron chi connectivity index (χ2n) is 32.9. The molecule has 3 aliphatic rings. The van der Waals surface area contributed by atoms with Gasteiger partial charge in [-0.15, -0.1) is 0 Å². The lowest BCUT2D eigenvalue weighted by molar-refractivity contribution is 0.627. The summed E-state index contributed by atoms with van der Waals surface area (Å²) in [6.07, 6.45) is 12.5. The molecule has 6 aromatic heterocycles. The Morgan fingerprint density at radius 1 is 0.305 bits per heavy atom. The van der Waals surface area contributed by atoms with Gasteiger partial charge in [0.25, 0.3) is 0 Å². The van der Waals surface area contributed by atoms with Gasteiger partial charge in [0.15, 0.2) is 0 Å². The van der Waals surface area contributed by atoms with Crippen LogP contribution in [0.2, 0.25) is 0 Å². The SMILES string of the molecule is CC1(C)C2=C(CCC=C2)c2c(-c3cc(-n4c5ccccc5c5cc(-c6ccc7c(c6)c6ccccc6n7C6CC=Cc7c6c6ccccc6n7-c6cc(N(c7ccccc7)c7ccccc7)cc(-n7c8ccccc8c8c(-n9c%10ccccc%10c%10ccccc%109)cccc87)c6)ccc54)c4c5ccccc5n(-c5ccccc5)c4c3)cccc21. The molecule has 25 rings (SSSR count). The van der Waals surface area contributed by atoms with E-state index >= 15 is 0 Å². The minimum absolute atomic E-state index is 0.0495. The van der Waals surface area contributed by atoms with Crippen LogP contribution in [0.5, 0.6) is 0 Å². The molecule has 556 valence electrons. The average Bonchev–Trinajstić information content (AvgIpc) is 2.17. The summed E-state index contributed by atoms with van der Waals surface area (Å²) in [5, 5.41) is 13.5. The van der Waals surface area contributed by atoms with Gasteiger partial charge in [-0.25, -0.2) is 0 Å². The van der Waals surface area contributed by atoms with Crippen LogP contribution in [0.1, 0.15) is 61.5 Å². The van der Waals surface area contributed by atoms with Gasteiger partial charge in [-0.1, -0.05) is 250 Å². The highest BCUT2D eigenvalue weighted by Gasteiger charge is 2.39. The van der Waals surface area contributed by atoms with E-state index < -0.39 is 0 Å². The molecule has 1 atom stereocenters. The Morgan fingerprint density at radius 3 is 1.41 bits per heavy atom. The van der Waals surface area contributed by atoms with Gasteiger partial charge in [0.1, 0.15) is 0 Å². The van der Waals surface area contributed by atoms with Crippen molar-refractivity contribution >= 4 is 149 Å². The van der Waals surface area contributed by atoms with Crippen molar-refractivity contribution in [3.8, 4) is 50.7 Å². The number of rotatable bonds is 11. The molecule has 0 radical (unpaired) electrons. The number of hydrogen-bond acceptors (Lipinski definition) is 1. The smallest absolute Gasteiger partial charge is 0.0653 e. The number of para-hydroxylation sites is 10. The molecule has 0 fully saturated rings. The lowest BCUT2D eigenvalue weighted by Crippen LogP contribution is -2.16. The molecule has 1 unspecified atom stereocenters. The van der Waals surface area contributed by atoms with Crippen molar-refractivity contribution in [2.24, 2.45) is 0 Å². The molecule has 16 aromatic carbocycles. The fourth-order valence-corrected chi connectivity index (χ4v) is 21.4. The molecule has 22 aromatic rings. The van der Waals surface area contributed by atoms with Crippen LogP contribution in [0.3, 0.4) is 0 Å². The van der Waals surface area contributed by atoms with Crippen molar-refractivity contribution in [3.63, 3.8) is 0 Å². The standard InChI is InChI=1S/C111H77N7/c1-111(2)90-46-20-12-41-84(90)107-79(45-28-47-91(107)111)72-65-105-110(87-44-19-25-52-96(87)113(105)75-35-10-5-11-36-75)106(66-72)118-95-51-24-16-40-83(95)89-64-71(60-62-100(89)118)70-59-61-99-88(63-70)82-39-15-23-50-94(82)117(99)104-58-30-56-102-109(104)86-43-18-27-54-98(86)115(102)78-68-76(112(73-31-6-3-7-32-73)74-33-8-4-9-34-74)67-77(69-78)114-97-53-26-17-42-85(97)108-101(114)55-29-57-103(108)116-92-48-21-13-37-80(92)81-38-14-22-49-93(81)116/h3-11,13-40,42-57,59-69,104H,12,41,58H2,1-2H3. The second-order valence-corrected chi connectivity index (χ2v) is 32.9. The van der Waals surface area contributed by atoms with Crippen molar-refractivity contribution in [3.05, 3.63) is 410 Å². The summed E-state index contributed by atoms with van der Waals surface area (Å²) in [4.78, 5) is 2.42. The molecule has 0 amide bonds. The second kappa shape index (κ2) is 25.5. The predicted molar refractivity (Wildman–Crippen MR) is 496 cm³/mol. The first-order valence-corrected chi connectivity index (χ1v) is 41.5. The molecule has 3 aliphatic carbocycles. The van der Waals surface area contributed by atoms with Crippen molar-refractivity contribution in [2.75, 3.05) is 4.90 Å². The fraction of sp³-hybridized carbons (Fsp3) is 0.0631. The number of anilines is 3. The van der Waals surface area contributed by atoms with Crippen molar-refractivity contribution < 1.29 is 0 Å². The number of fused-ring (bicyclic) bond motifs is 20. The third-order valence-corrected chi connectivity index (χ3v) is 26.3. The molecular formula is C111H77N7. The topological polar surface area (TPSA) is 32.8 Å². The monoisotopic (exact) mass is 1510 g/mol. The lowest BCUT2D eigenvalue weighted by atomic mass is 9.80. The van der Waals surface area contributed by atoms with Gasteiger partial charge in [0.2, 0.25) is 0 Å². The van der Waals surface area contributed by atoms with Crippen LogP contribution in [-0.4, -0.2) is 27.4 Å². The van der Waals surface area contributed by atoms with Gasteiger partial charge in [0, 0.05) is 98.3 Å². The molecule has 0 bridgehead atoms. The summed E-state index contributed by atoms with van der Waals surface area (Å²) in [6.45, 7) is 4.83. The average molecular weight is 1510 g/mol. The molecule has 118 heavy (non-hydrogen) atoms. The quantitative estimate of drug-likeness (QED) is 0.127. The molecule has 6 heterocycles. The van der Waals surface area contributed by atoms with Crippen LogP contribution < -0.4 is 4.90 Å². The van der Waals surface area contributed by atoms with E-state index in [0.717, 1.165) is 75.6 Å². The zero-order chi connectivity index (χ0) is 77.6. The highest BCUT2D eigenvalue weighted by Crippen LogP contribution is 2.55. The number of benzene rings is 16. The summed E-state index contributed by atoms with van der Waals surface area (Å²) < 4.78 is 15.3. The summed E-state index contributed by atoms with van der Waals surface area (Å²) in [5.74, 6) is 0. The molecule has 0 saturated heterocycles. The Morgan fingerprint density at radius 2 is 0.771 bits per heavy atom. The molecule has 0 spiro atoms. The van der Waals surface area contributed by atoms with E-state index in [0.29, 0.717) is 0 Å². The maximum atomic E-state index is 2.67. The molecule has 7 heteroatoms. The van der Waals surface area contributed by atoms with Crippen molar-refractivity contribution in [1.82, 2.24) is 27.4 Å². The zero-order valence-corrected chi connectivity index (χ0v) is 65.3. The summed E-state index contributed by atoms with van der Waals surface area (Å²) in [5.41, 5.74) is 34.7. The van der Waals surface area contributed by atoms with E-state index in [9.17, 15) is 0 Å². The summed E-state index contributed by atoms with van der Waals surface area (Å²) in [7, 11) is 0. The minimum atomic E-state index is -0.102. The predicted octanol–water partition coefficient (Wildman–Crippen LogP) is 29.3. The van der Waals surface area contributed by atoms with Gasteiger partial charge in [-0.05, 0) is 215 Å². The molecule has 7 nitrogen and oxygen atoms in total. The van der Waals surface area contributed by atoms with Crippen LogP contribution in [0, 0.1) is 0 Å². The van der Waals surface area contributed by atoms with E-state index in [2.05, 4.69) is 434 Å². The molecule has 0 saturated carbocycles. The van der Waals surface area contributed by atoms with Crippen LogP contribution in [0.25, 0.3) is 182 Å². The summed E-state index contributed by atoms with van der Waals surface area (Å²) in [6, 6.07) is 136. The number of allylic oxidation sites excluding steroid dienone is 5. The van der Waals surface area contributed by atoms with Gasteiger partial charge in [0.05, 0.1) is 89.8 Å². The van der Waals surface area contributed by atoms with E-state index in [-0.39, 0.29) is 11.5 Å². The van der Waals surface area contributed by atoms with Crippen LogP contribution in [-0.2, 0) is 5.41 Å². The van der Waals surface area contributed by atoms with Gasteiger partial charge < -0.3 is 32.3 Å². The van der Waals surface area contributed by atoms with Gasteiger partial charge in [-0.3, -0.25) is 0 Å². The van der Waals surface area contributed by atoms with E-state index in [1.807, 2.05) is 0 Å². The first kappa shape index (κ1) is 66.5. The van der Waals surface area contributed by atoms with Crippen LogP contribution >= 0.6 is 0 Å². The van der Waals surface area contributed by atoms with Gasteiger partial charge in [-0.2, -0.15) is 0 Å². The molecule has 0 aliphatic heterocycles. The lowest BCUT2D eigenvalue weighted by Gasteiger charge is -2.28. The molecular weight excluding hydrogens is 1430 g/mol. The third-order valence-electron chi connectivity index (χ3n) is 26.3. The maximum Gasteiger partial charge on any atom is 0.0653 e. The number of nitrogens with zero attached hydrogens (tertiary/aromatic N) is 7. The Balaban J connectivity index is 0.661. The van der Waals surface area contributed by atoms with Crippen LogP contribution in [0.4, 0.5) is 17.1 Å². The van der Waals surface area contributed by atoms with E-state index in [4.69, 9.17) is 0 Å². The first-order chi connectivity index (χ1) is 58.4. The van der Waals surface area contributed by atoms with Crippen LogP contribution in [0.15, 0.2) is 388 Å². The van der Waals surface area contributed by atoms with Crippen molar-refractivity contribution in [2.45, 2.75) is 44.6 Å². The Bertz CT molecular complexity index is 8030. The zero-order valence-electron chi connectivity index (χ0n) is 65.3. The summed E-state index contributed by atoms with van der Waals surface area (Å²) >= 11 is 0.